The van der Waals surface area contributed by atoms with Crippen LogP contribution < -0.4 is 5.32 Å². The summed E-state index contributed by atoms with van der Waals surface area (Å²) in [7, 11) is 0. The fourth-order valence-electron chi connectivity index (χ4n) is 3.16. The van der Waals surface area contributed by atoms with E-state index in [1.54, 1.807) is 12.1 Å². The predicted octanol–water partition coefficient (Wildman–Crippen LogP) is 5.12. The minimum Gasteiger partial charge on any atom is -0.385 e. The van der Waals surface area contributed by atoms with Gasteiger partial charge in [0.25, 0.3) is 0 Å². The molecule has 9 heteroatoms. The van der Waals surface area contributed by atoms with Gasteiger partial charge in [0.2, 0.25) is 0 Å². The molecule has 0 saturated carbocycles. The van der Waals surface area contributed by atoms with Crippen molar-refractivity contribution in [3.63, 3.8) is 0 Å². The zero-order valence-corrected chi connectivity index (χ0v) is 16.1. The molecule has 0 bridgehead atoms. The van der Waals surface area contributed by atoms with E-state index in [4.69, 9.17) is 0 Å². The Morgan fingerprint density at radius 1 is 1.11 bits per heavy atom. The Morgan fingerprint density at radius 3 is 2.29 bits per heavy atom. The minimum absolute atomic E-state index is 0.208. The van der Waals surface area contributed by atoms with E-state index >= 15 is 0 Å². The summed E-state index contributed by atoms with van der Waals surface area (Å²) >= 11 is 3.33. The highest BCUT2D eigenvalue weighted by Crippen LogP contribution is 2.34. The molecule has 28 heavy (non-hydrogen) atoms. The van der Waals surface area contributed by atoms with Gasteiger partial charge in [-0.2, -0.15) is 13.2 Å². The van der Waals surface area contributed by atoms with Gasteiger partial charge in [-0.3, -0.25) is 0 Å². The van der Waals surface area contributed by atoms with Gasteiger partial charge in [-0.05, 0) is 48.7 Å². The number of halogens is 5. The zero-order chi connectivity index (χ0) is 20.5. The SMILES string of the molecule is O=C(Nc1cc(F)cc(C(F)(F)F)c1)N1CCC(O)(c2ccc(Br)cc2)CC1. The highest BCUT2D eigenvalue weighted by molar-refractivity contribution is 9.10. The second kappa shape index (κ2) is 7.71. The molecule has 1 saturated heterocycles. The number of amides is 2. The van der Waals surface area contributed by atoms with Crippen LogP contribution in [0.5, 0.6) is 0 Å². The van der Waals surface area contributed by atoms with E-state index in [1.165, 1.54) is 4.90 Å². The van der Waals surface area contributed by atoms with Crippen LogP contribution in [0.25, 0.3) is 0 Å². The van der Waals surface area contributed by atoms with Gasteiger partial charge in [0.15, 0.2) is 0 Å². The van der Waals surface area contributed by atoms with E-state index < -0.39 is 29.2 Å². The molecule has 0 radical (unpaired) electrons. The Hall–Kier alpha value is -2.13. The lowest BCUT2D eigenvalue weighted by atomic mass is 9.84. The second-order valence-corrected chi connectivity index (χ2v) is 7.60. The maximum atomic E-state index is 13.5. The third-order valence-electron chi connectivity index (χ3n) is 4.74. The van der Waals surface area contributed by atoms with Gasteiger partial charge >= 0.3 is 12.2 Å². The number of hydrogen-bond donors (Lipinski definition) is 2. The van der Waals surface area contributed by atoms with Gasteiger partial charge in [0, 0.05) is 23.2 Å². The molecule has 0 spiro atoms. The first-order chi connectivity index (χ1) is 13.1. The summed E-state index contributed by atoms with van der Waals surface area (Å²) in [4.78, 5) is 13.7. The standard InChI is InChI=1S/C19H17BrF4N2O2/c20-14-3-1-12(2-4-14)18(28)5-7-26(8-6-18)17(27)25-16-10-13(19(22,23)24)9-15(21)11-16/h1-4,9-11,28H,5-8H2,(H,25,27). The third kappa shape index (κ3) is 4.64. The highest BCUT2D eigenvalue weighted by atomic mass is 79.9. The number of anilines is 1. The van der Waals surface area contributed by atoms with E-state index in [0.717, 1.165) is 16.1 Å². The van der Waals surface area contributed by atoms with Gasteiger partial charge in [0.05, 0.1) is 11.2 Å². The molecule has 3 rings (SSSR count). The number of urea groups is 1. The Balaban J connectivity index is 1.66. The van der Waals surface area contributed by atoms with Crippen LogP contribution >= 0.6 is 15.9 Å². The molecular weight excluding hydrogens is 444 g/mol. The van der Waals surface area contributed by atoms with Gasteiger partial charge in [-0.25, -0.2) is 9.18 Å². The van der Waals surface area contributed by atoms with Crippen LogP contribution in [0.4, 0.5) is 28.0 Å². The molecule has 150 valence electrons. The van der Waals surface area contributed by atoms with Crippen molar-refractivity contribution in [2.75, 3.05) is 18.4 Å². The summed E-state index contributed by atoms with van der Waals surface area (Å²) < 4.78 is 52.7. The second-order valence-electron chi connectivity index (χ2n) is 6.68. The topological polar surface area (TPSA) is 52.6 Å². The number of hydrogen-bond acceptors (Lipinski definition) is 2. The van der Waals surface area contributed by atoms with E-state index in [-0.39, 0.29) is 31.6 Å². The first kappa shape index (κ1) is 20.6. The number of piperidine rings is 1. The number of nitrogens with zero attached hydrogens (tertiary/aromatic N) is 1. The minimum atomic E-state index is -4.71. The molecule has 2 N–H and O–H groups in total. The molecule has 0 atom stereocenters. The summed E-state index contributed by atoms with van der Waals surface area (Å²) in [5, 5.41) is 13.1. The summed E-state index contributed by atoms with van der Waals surface area (Å²) in [6, 6.07) is 8.46. The zero-order valence-electron chi connectivity index (χ0n) is 14.6. The molecule has 2 aromatic rings. The lowest BCUT2D eigenvalue weighted by Gasteiger charge is -2.38. The molecule has 0 aliphatic carbocycles. The first-order valence-electron chi connectivity index (χ1n) is 8.49. The van der Waals surface area contributed by atoms with Crippen molar-refractivity contribution in [3.05, 3.63) is 63.9 Å². The van der Waals surface area contributed by atoms with Crippen LogP contribution in [0, 0.1) is 5.82 Å². The number of aliphatic hydroxyl groups is 1. The number of alkyl halides is 3. The smallest absolute Gasteiger partial charge is 0.385 e. The maximum absolute atomic E-state index is 13.5. The van der Waals surface area contributed by atoms with E-state index in [0.29, 0.717) is 12.1 Å². The predicted molar refractivity (Wildman–Crippen MR) is 99.3 cm³/mol. The number of carbonyl (C=O) groups is 1. The molecule has 1 aliphatic heterocycles. The normalized spacial score (nSPS) is 16.7. The number of nitrogens with one attached hydrogen (secondary N) is 1. The Bertz CT molecular complexity index is 863. The summed E-state index contributed by atoms with van der Waals surface area (Å²) in [5.41, 5.74) is -1.80. The Labute approximate surface area is 167 Å². The third-order valence-corrected chi connectivity index (χ3v) is 5.26. The average molecular weight is 461 g/mol. The molecule has 2 amide bonds. The number of benzene rings is 2. The van der Waals surface area contributed by atoms with Crippen molar-refractivity contribution >= 4 is 27.6 Å². The molecule has 0 aromatic heterocycles. The van der Waals surface area contributed by atoms with Gasteiger partial charge in [-0.15, -0.1) is 0 Å². The lowest BCUT2D eigenvalue weighted by Crippen LogP contribution is -2.46. The van der Waals surface area contributed by atoms with Crippen LogP contribution in [0.15, 0.2) is 46.9 Å². The fourth-order valence-corrected chi connectivity index (χ4v) is 3.42. The van der Waals surface area contributed by atoms with Gasteiger partial charge in [-0.1, -0.05) is 28.1 Å². The highest BCUT2D eigenvalue weighted by Gasteiger charge is 2.36. The largest absolute Gasteiger partial charge is 0.416 e. The lowest BCUT2D eigenvalue weighted by molar-refractivity contribution is -0.137. The van der Waals surface area contributed by atoms with Crippen LogP contribution in [-0.4, -0.2) is 29.1 Å². The van der Waals surface area contributed by atoms with Crippen molar-refractivity contribution in [1.29, 1.82) is 0 Å². The quantitative estimate of drug-likeness (QED) is 0.610. The molecule has 0 unspecified atom stereocenters. The summed E-state index contributed by atoms with van der Waals surface area (Å²) in [5.74, 6) is -1.09. The van der Waals surface area contributed by atoms with Crippen molar-refractivity contribution in [2.45, 2.75) is 24.6 Å². The van der Waals surface area contributed by atoms with Crippen LogP contribution in [0.2, 0.25) is 0 Å². The summed E-state index contributed by atoms with van der Waals surface area (Å²) in [6.45, 7) is 0.416. The molecule has 1 heterocycles. The van der Waals surface area contributed by atoms with Gasteiger partial charge < -0.3 is 15.3 Å². The maximum Gasteiger partial charge on any atom is 0.416 e. The van der Waals surface area contributed by atoms with Crippen LogP contribution in [-0.2, 0) is 11.8 Å². The van der Waals surface area contributed by atoms with E-state index in [1.807, 2.05) is 12.1 Å². The van der Waals surface area contributed by atoms with Crippen molar-refractivity contribution in [1.82, 2.24) is 4.90 Å². The van der Waals surface area contributed by atoms with Crippen molar-refractivity contribution in [3.8, 4) is 0 Å². The van der Waals surface area contributed by atoms with Gasteiger partial charge in [0.1, 0.15) is 5.82 Å². The Kier molecular flexibility index (Phi) is 5.67. The monoisotopic (exact) mass is 460 g/mol. The molecule has 1 aliphatic rings. The van der Waals surface area contributed by atoms with Crippen molar-refractivity contribution in [2.24, 2.45) is 0 Å². The molecule has 4 nitrogen and oxygen atoms in total. The van der Waals surface area contributed by atoms with E-state index in [9.17, 15) is 27.5 Å². The number of carbonyl (C=O) groups excluding carboxylic acids is 1. The molecular formula is C19H17BrF4N2O2. The number of rotatable bonds is 2. The molecule has 2 aromatic carbocycles. The first-order valence-corrected chi connectivity index (χ1v) is 9.28. The molecule has 1 fully saturated rings. The van der Waals surface area contributed by atoms with Crippen LogP contribution in [0.3, 0.4) is 0 Å². The average Bonchev–Trinajstić information content (AvgIpc) is 2.61. The summed E-state index contributed by atoms with van der Waals surface area (Å²) in [6.07, 6.45) is -4.16. The van der Waals surface area contributed by atoms with Crippen LogP contribution in [0.1, 0.15) is 24.0 Å². The number of likely N-dealkylation sites (tertiary alicyclic amines) is 1. The fraction of sp³-hybridized carbons (Fsp3) is 0.316. The Morgan fingerprint density at radius 2 is 1.71 bits per heavy atom. The van der Waals surface area contributed by atoms with E-state index in [2.05, 4.69) is 21.2 Å². The van der Waals surface area contributed by atoms with Crippen molar-refractivity contribution < 1.29 is 27.5 Å².